The third-order valence-electron chi connectivity index (χ3n) is 3.97. The fourth-order valence-electron chi connectivity index (χ4n) is 2.68. The topological polar surface area (TPSA) is 76.7 Å². The van der Waals surface area contributed by atoms with Gasteiger partial charge < -0.3 is 15.9 Å². The number of carbonyl (C=O) groups excluding carboxylic acids is 1. The zero-order valence-electron chi connectivity index (χ0n) is 14.0. The molecule has 1 unspecified atom stereocenters. The quantitative estimate of drug-likeness (QED) is 0.809. The number of carbonyl (C=O) groups is 1. The van der Waals surface area contributed by atoms with Crippen LogP contribution in [0.25, 0.3) is 5.70 Å². The molecule has 0 bridgehead atoms. The molecule has 0 aliphatic carbocycles. The lowest BCUT2D eigenvalue weighted by molar-refractivity contribution is -0.118. The summed E-state index contributed by atoms with van der Waals surface area (Å²) in [7, 11) is 0. The maximum atomic E-state index is 12.4. The SMILES string of the molecule is CC1=NOC(CC(=O)Nc2ccc(Cl)cc2)C1=C(N)c1ccc(Cl)cc1. The smallest absolute Gasteiger partial charge is 0.228 e. The molecule has 0 radical (unpaired) electrons. The fraction of sp³-hybridized carbons (Fsp3) is 0.158. The summed E-state index contributed by atoms with van der Waals surface area (Å²) >= 11 is 11.8. The molecule has 2 aromatic rings. The highest BCUT2D eigenvalue weighted by Gasteiger charge is 2.30. The lowest BCUT2D eigenvalue weighted by Gasteiger charge is -2.14. The van der Waals surface area contributed by atoms with Gasteiger partial charge in [0, 0.05) is 27.0 Å². The van der Waals surface area contributed by atoms with Crippen molar-refractivity contribution in [1.82, 2.24) is 0 Å². The van der Waals surface area contributed by atoms with Crippen LogP contribution >= 0.6 is 23.2 Å². The molecule has 0 saturated heterocycles. The molecule has 5 nitrogen and oxygen atoms in total. The highest BCUT2D eigenvalue weighted by atomic mass is 35.5. The van der Waals surface area contributed by atoms with E-state index < -0.39 is 6.10 Å². The molecule has 1 heterocycles. The zero-order valence-corrected chi connectivity index (χ0v) is 15.5. The van der Waals surface area contributed by atoms with Gasteiger partial charge in [-0.15, -0.1) is 0 Å². The summed E-state index contributed by atoms with van der Waals surface area (Å²) in [6.45, 7) is 1.80. The van der Waals surface area contributed by atoms with Gasteiger partial charge in [0.15, 0.2) is 6.10 Å². The van der Waals surface area contributed by atoms with Crippen LogP contribution in [0.5, 0.6) is 0 Å². The predicted molar refractivity (Wildman–Crippen MR) is 105 cm³/mol. The summed E-state index contributed by atoms with van der Waals surface area (Å²) in [5.41, 5.74) is 9.64. The standard InChI is InChI=1S/C19H17Cl2N3O2/c1-11-18(19(22)12-2-4-13(20)5-3-12)16(26-24-11)10-17(25)23-15-8-6-14(21)7-9-15/h2-9,16H,10,22H2,1H3,(H,23,25). The molecule has 26 heavy (non-hydrogen) atoms. The van der Waals surface area contributed by atoms with Crippen LogP contribution in [0.3, 0.4) is 0 Å². The Morgan fingerprint density at radius 2 is 1.69 bits per heavy atom. The zero-order chi connectivity index (χ0) is 18.7. The third-order valence-corrected chi connectivity index (χ3v) is 4.48. The Morgan fingerprint density at radius 1 is 1.12 bits per heavy atom. The van der Waals surface area contributed by atoms with Crippen LogP contribution < -0.4 is 11.1 Å². The predicted octanol–water partition coefficient (Wildman–Crippen LogP) is 4.47. The van der Waals surface area contributed by atoms with E-state index >= 15 is 0 Å². The van der Waals surface area contributed by atoms with Gasteiger partial charge in [0.25, 0.3) is 0 Å². The Kier molecular flexibility index (Phi) is 5.49. The van der Waals surface area contributed by atoms with Gasteiger partial charge >= 0.3 is 0 Å². The maximum absolute atomic E-state index is 12.4. The van der Waals surface area contributed by atoms with E-state index in [-0.39, 0.29) is 12.3 Å². The first kappa shape index (κ1) is 18.3. The molecule has 0 fully saturated rings. The third kappa shape index (κ3) is 4.18. The number of hydrogen-bond acceptors (Lipinski definition) is 4. The van der Waals surface area contributed by atoms with Gasteiger partial charge in [0.2, 0.25) is 5.91 Å². The second kappa shape index (κ2) is 7.81. The summed E-state index contributed by atoms with van der Waals surface area (Å²) in [5, 5.41) is 8.03. The molecular weight excluding hydrogens is 373 g/mol. The van der Waals surface area contributed by atoms with Gasteiger partial charge in [-0.25, -0.2) is 0 Å². The normalized spacial score (nSPS) is 18.1. The second-order valence-electron chi connectivity index (χ2n) is 5.86. The number of hydrogen-bond donors (Lipinski definition) is 2. The molecule has 7 heteroatoms. The molecular formula is C19H17Cl2N3O2. The van der Waals surface area contributed by atoms with Crippen molar-refractivity contribution in [2.24, 2.45) is 10.9 Å². The number of oxime groups is 1. The number of halogens is 2. The number of rotatable bonds is 4. The molecule has 0 saturated carbocycles. The Bertz CT molecular complexity index is 875. The Balaban J connectivity index is 1.76. The number of anilines is 1. The first-order valence-corrected chi connectivity index (χ1v) is 8.71. The van der Waals surface area contributed by atoms with Gasteiger partial charge in [-0.05, 0) is 48.9 Å². The van der Waals surface area contributed by atoms with Crippen LogP contribution in [0.4, 0.5) is 5.69 Å². The number of nitrogens with two attached hydrogens (primary N) is 1. The molecule has 0 spiro atoms. The summed E-state index contributed by atoms with van der Waals surface area (Å²) < 4.78 is 0. The molecule has 2 aromatic carbocycles. The first-order valence-electron chi connectivity index (χ1n) is 7.96. The largest absolute Gasteiger partial charge is 0.398 e. The number of benzene rings is 2. The van der Waals surface area contributed by atoms with Crippen molar-refractivity contribution in [3.8, 4) is 0 Å². The molecule has 0 aromatic heterocycles. The van der Waals surface area contributed by atoms with Gasteiger partial charge in [0.1, 0.15) is 0 Å². The van der Waals surface area contributed by atoms with Crippen molar-refractivity contribution in [3.63, 3.8) is 0 Å². The van der Waals surface area contributed by atoms with Crippen LogP contribution in [0.15, 0.2) is 59.3 Å². The van der Waals surface area contributed by atoms with E-state index in [0.29, 0.717) is 32.7 Å². The monoisotopic (exact) mass is 389 g/mol. The van der Waals surface area contributed by atoms with Crippen LogP contribution in [-0.2, 0) is 9.63 Å². The number of amides is 1. The van der Waals surface area contributed by atoms with Crippen LogP contribution in [-0.4, -0.2) is 17.7 Å². The van der Waals surface area contributed by atoms with Gasteiger partial charge in [-0.2, -0.15) is 0 Å². The minimum atomic E-state index is -0.544. The highest BCUT2D eigenvalue weighted by molar-refractivity contribution is 6.30. The minimum absolute atomic E-state index is 0.0904. The van der Waals surface area contributed by atoms with Crippen LogP contribution in [0.2, 0.25) is 10.0 Å². The van der Waals surface area contributed by atoms with E-state index in [1.807, 2.05) is 12.1 Å². The van der Waals surface area contributed by atoms with Gasteiger partial charge in [-0.3, -0.25) is 4.79 Å². The van der Waals surface area contributed by atoms with Gasteiger partial charge in [0.05, 0.1) is 12.1 Å². The van der Waals surface area contributed by atoms with E-state index in [0.717, 1.165) is 5.56 Å². The summed E-state index contributed by atoms with van der Waals surface area (Å²) in [6, 6.07) is 14.0. The van der Waals surface area contributed by atoms with Crippen molar-refractivity contribution in [1.29, 1.82) is 0 Å². The molecule has 3 rings (SSSR count). The second-order valence-corrected chi connectivity index (χ2v) is 6.74. The van der Waals surface area contributed by atoms with Crippen molar-refractivity contribution in [2.75, 3.05) is 5.32 Å². The van der Waals surface area contributed by atoms with E-state index in [4.69, 9.17) is 33.8 Å². The Labute approximate surface area is 161 Å². The Hall–Kier alpha value is -2.50. The van der Waals surface area contributed by atoms with Gasteiger partial charge in [-0.1, -0.05) is 40.5 Å². The average molecular weight is 390 g/mol. The maximum Gasteiger partial charge on any atom is 0.228 e. The van der Waals surface area contributed by atoms with E-state index in [9.17, 15) is 4.79 Å². The lowest BCUT2D eigenvalue weighted by Crippen LogP contribution is -2.24. The van der Waals surface area contributed by atoms with E-state index in [1.54, 1.807) is 43.3 Å². The molecule has 3 N–H and O–H groups in total. The molecule has 1 amide bonds. The van der Waals surface area contributed by atoms with Crippen molar-refractivity contribution >= 4 is 46.2 Å². The molecule has 1 atom stereocenters. The van der Waals surface area contributed by atoms with Crippen molar-refractivity contribution in [2.45, 2.75) is 19.4 Å². The first-order chi connectivity index (χ1) is 12.4. The Morgan fingerprint density at radius 3 is 2.31 bits per heavy atom. The summed E-state index contributed by atoms with van der Waals surface area (Å²) in [6.07, 6.45) is -0.453. The number of nitrogens with zero attached hydrogens (tertiary/aromatic N) is 1. The molecule has 134 valence electrons. The average Bonchev–Trinajstić information content (AvgIpc) is 2.97. The van der Waals surface area contributed by atoms with Crippen molar-refractivity contribution < 1.29 is 9.63 Å². The minimum Gasteiger partial charge on any atom is -0.398 e. The van der Waals surface area contributed by atoms with E-state index in [1.165, 1.54) is 0 Å². The summed E-state index contributed by atoms with van der Waals surface area (Å²) in [4.78, 5) is 17.8. The summed E-state index contributed by atoms with van der Waals surface area (Å²) in [5.74, 6) is -0.205. The van der Waals surface area contributed by atoms with Crippen LogP contribution in [0.1, 0.15) is 18.9 Å². The number of nitrogens with one attached hydrogen (secondary N) is 1. The fourth-order valence-corrected chi connectivity index (χ4v) is 2.94. The van der Waals surface area contributed by atoms with E-state index in [2.05, 4.69) is 10.5 Å². The highest BCUT2D eigenvalue weighted by Crippen LogP contribution is 2.27. The molecule has 1 aliphatic rings. The molecule has 1 aliphatic heterocycles. The van der Waals surface area contributed by atoms with Crippen molar-refractivity contribution in [3.05, 3.63) is 69.7 Å². The van der Waals surface area contributed by atoms with Crippen LogP contribution in [0, 0.1) is 0 Å². The lowest BCUT2D eigenvalue weighted by atomic mass is 9.97.